The van der Waals surface area contributed by atoms with Crippen LogP contribution in [0.4, 0.5) is 0 Å². The Labute approximate surface area is 114 Å². The second-order valence-electron chi connectivity index (χ2n) is 5.64. The molecule has 5 heteroatoms. The molecule has 1 fully saturated rings. The smallest absolute Gasteiger partial charge is 0.273 e. The van der Waals surface area contributed by atoms with Gasteiger partial charge in [0, 0.05) is 18.7 Å². The molecule has 0 aromatic carbocycles. The van der Waals surface area contributed by atoms with Gasteiger partial charge >= 0.3 is 0 Å². The zero-order chi connectivity index (χ0) is 13.7. The van der Waals surface area contributed by atoms with Gasteiger partial charge < -0.3 is 15.2 Å². The Morgan fingerprint density at radius 3 is 2.89 bits per heavy atom. The minimum Gasteiger partial charge on any atom is -0.359 e. The van der Waals surface area contributed by atoms with Crippen molar-refractivity contribution in [3.63, 3.8) is 0 Å². The Kier molecular flexibility index (Phi) is 4.96. The van der Waals surface area contributed by atoms with Crippen molar-refractivity contribution in [3.8, 4) is 0 Å². The highest BCUT2D eigenvalue weighted by molar-refractivity contribution is 5.92. The molecule has 0 bridgehead atoms. The third kappa shape index (κ3) is 4.35. The van der Waals surface area contributed by atoms with Gasteiger partial charge in [0.05, 0.1) is 6.54 Å². The first-order chi connectivity index (χ1) is 9.15. The molecule has 0 unspecified atom stereocenters. The van der Waals surface area contributed by atoms with Crippen LogP contribution in [0.3, 0.4) is 0 Å². The lowest BCUT2D eigenvalue weighted by atomic mass is 10.2. The van der Waals surface area contributed by atoms with E-state index in [1.54, 1.807) is 6.07 Å². The van der Waals surface area contributed by atoms with Crippen molar-refractivity contribution in [2.24, 2.45) is 5.92 Å². The first-order valence-corrected chi connectivity index (χ1v) is 7.12. The van der Waals surface area contributed by atoms with Gasteiger partial charge in [0.2, 0.25) is 0 Å². The fourth-order valence-corrected chi connectivity index (χ4v) is 2.27. The van der Waals surface area contributed by atoms with Crippen molar-refractivity contribution in [2.45, 2.75) is 52.1 Å². The summed E-state index contributed by atoms with van der Waals surface area (Å²) in [6, 6.07) is 2.31. The van der Waals surface area contributed by atoms with Crippen LogP contribution < -0.4 is 10.6 Å². The average Bonchev–Trinajstić information content (AvgIpc) is 3.04. The molecule has 1 amide bonds. The third-order valence-corrected chi connectivity index (χ3v) is 3.38. The minimum absolute atomic E-state index is 0.162. The molecule has 0 saturated heterocycles. The fraction of sp³-hybridized carbons (Fsp3) is 0.714. The Balaban J connectivity index is 1.79. The van der Waals surface area contributed by atoms with Crippen LogP contribution in [-0.4, -0.2) is 23.7 Å². The second-order valence-corrected chi connectivity index (χ2v) is 5.64. The molecular formula is C14H23N3O2. The van der Waals surface area contributed by atoms with Gasteiger partial charge in [0.25, 0.3) is 5.91 Å². The molecule has 106 valence electrons. The third-order valence-electron chi connectivity index (χ3n) is 3.38. The van der Waals surface area contributed by atoms with E-state index in [2.05, 4.69) is 29.6 Å². The summed E-state index contributed by atoms with van der Waals surface area (Å²) in [4.78, 5) is 11.8. The van der Waals surface area contributed by atoms with Gasteiger partial charge in [-0.3, -0.25) is 4.79 Å². The molecule has 19 heavy (non-hydrogen) atoms. The summed E-state index contributed by atoms with van der Waals surface area (Å²) < 4.78 is 5.18. The number of nitrogens with zero attached hydrogens (tertiary/aromatic N) is 1. The van der Waals surface area contributed by atoms with Gasteiger partial charge in [-0.2, -0.15) is 0 Å². The van der Waals surface area contributed by atoms with Crippen LogP contribution in [0.5, 0.6) is 0 Å². The number of amides is 1. The van der Waals surface area contributed by atoms with Gasteiger partial charge in [0.15, 0.2) is 11.5 Å². The highest BCUT2D eigenvalue weighted by Crippen LogP contribution is 2.18. The van der Waals surface area contributed by atoms with E-state index in [0.717, 1.165) is 5.76 Å². The van der Waals surface area contributed by atoms with Crippen LogP contribution >= 0.6 is 0 Å². The SMILES string of the molecule is CC(C)CNC(=O)c1cc(CNC2CCCC2)on1. The largest absolute Gasteiger partial charge is 0.359 e. The molecular weight excluding hydrogens is 242 g/mol. The summed E-state index contributed by atoms with van der Waals surface area (Å²) in [5, 5.41) is 10.1. The Morgan fingerprint density at radius 2 is 2.21 bits per heavy atom. The Bertz CT molecular complexity index is 409. The summed E-state index contributed by atoms with van der Waals surface area (Å²) in [7, 11) is 0. The van der Waals surface area contributed by atoms with E-state index >= 15 is 0 Å². The van der Waals surface area contributed by atoms with E-state index in [4.69, 9.17) is 4.52 Å². The van der Waals surface area contributed by atoms with Crippen LogP contribution in [0.25, 0.3) is 0 Å². The number of rotatable bonds is 6. The predicted octanol–water partition coefficient (Wildman–Crippen LogP) is 2.09. The van der Waals surface area contributed by atoms with Gasteiger partial charge in [-0.25, -0.2) is 0 Å². The number of aromatic nitrogens is 1. The van der Waals surface area contributed by atoms with Crippen molar-refractivity contribution in [3.05, 3.63) is 17.5 Å². The van der Waals surface area contributed by atoms with Crippen LogP contribution in [-0.2, 0) is 6.54 Å². The summed E-state index contributed by atoms with van der Waals surface area (Å²) in [5.74, 6) is 0.991. The zero-order valence-corrected chi connectivity index (χ0v) is 11.7. The maximum Gasteiger partial charge on any atom is 0.273 e. The predicted molar refractivity (Wildman–Crippen MR) is 72.8 cm³/mol. The summed E-state index contributed by atoms with van der Waals surface area (Å²) in [6.45, 7) is 5.41. The topological polar surface area (TPSA) is 67.2 Å². The van der Waals surface area contributed by atoms with Crippen molar-refractivity contribution in [1.82, 2.24) is 15.8 Å². The Hall–Kier alpha value is -1.36. The van der Waals surface area contributed by atoms with Crippen LogP contribution in [0.1, 0.15) is 55.8 Å². The number of carbonyl (C=O) groups is 1. The molecule has 0 atom stereocenters. The highest BCUT2D eigenvalue weighted by Gasteiger charge is 2.16. The molecule has 5 nitrogen and oxygen atoms in total. The van der Waals surface area contributed by atoms with Gasteiger partial charge in [-0.1, -0.05) is 31.8 Å². The maximum absolute atomic E-state index is 11.8. The fourth-order valence-electron chi connectivity index (χ4n) is 2.27. The molecule has 1 aliphatic carbocycles. The molecule has 1 aliphatic rings. The quantitative estimate of drug-likeness (QED) is 0.826. The number of hydrogen-bond donors (Lipinski definition) is 2. The van der Waals surface area contributed by atoms with Crippen LogP contribution in [0.2, 0.25) is 0 Å². The van der Waals surface area contributed by atoms with Crippen molar-refractivity contribution >= 4 is 5.91 Å². The van der Waals surface area contributed by atoms with E-state index in [9.17, 15) is 4.79 Å². The van der Waals surface area contributed by atoms with Crippen LogP contribution in [0, 0.1) is 5.92 Å². The molecule has 2 rings (SSSR count). The lowest BCUT2D eigenvalue weighted by molar-refractivity contribution is 0.0940. The molecule has 0 aliphatic heterocycles. The summed E-state index contributed by atoms with van der Waals surface area (Å²) >= 11 is 0. The van der Waals surface area contributed by atoms with E-state index in [1.807, 2.05) is 0 Å². The summed E-state index contributed by atoms with van der Waals surface area (Å²) in [5.41, 5.74) is 0.365. The summed E-state index contributed by atoms with van der Waals surface area (Å²) in [6.07, 6.45) is 5.07. The van der Waals surface area contributed by atoms with E-state index in [0.29, 0.717) is 30.7 Å². The van der Waals surface area contributed by atoms with E-state index in [1.165, 1.54) is 25.7 Å². The van der Waals surface area contributed by atoms with Crippen molar-refractivity contribution in [1.29, 1.82) is 0 Å². The first-order valence-electron chi connectivity index (χ1n) is 7.12. The highest BCUT2D eigenvalue weighted by atomic mass is 16.5. The van der Waals surface area contributed by atoms with Crippen LogP contribution in [0.15, 0.2) is 10.6 Å². The monoisotopic (exact) mass is 265 g/mol. The number of nitrogens with one attached hydrogen (secondary N) is 2. The zero-order valence-electron chi connectivity index (χ0n) is 11.7. The molecule has 1 heterocycles. The van der Waals surface area contributed by atoms with E-state index in [-0.39, 0.29) is 5.91 Å². The standard InChI is InChI=1S/C14H23N3O2/c1-10(2)8-16-14(18)13-7-12(19-17-13)9-15-11-5-3-4-6-11/h7,10-11,15H,3-6,8-9H2,1-2H3,(H,16,18). The lowest BCUT2D eigenvalue weighted by Gasteiger charge is -2.08. The normalized spacial score (nSPS) is 16.2. The van der Waals surface area contributed by atoms with Gasteiger partial charge in [-0.05, 0) is 18.8 Å². The molecule has 0 spiro atoms. The van der Waals surface area contributed by atoms with Gasteiger partial charge in [0.1, 0.15) is 0 Å². The average molecular weight is 265 g/mol. The Morgan fingerprint density at radius 1 is 1.47 bits per heavy atom. The molecule has 1 aromatic heterocycles. The lowest BCUT2D eigenvalue weighted by Crippen LogP contribution is -2.27. The molecule has 1 saturated carbocycles. The second kappa shape index (κ2) is 6.70. The van der Waals surface area contributed by atoms with Crippen molar-refractivity contribution in [2.75, 3.05) is 6.54 Å². The number of hydrogen-bond acceptors (Lipinski definition) is 4. The van der Waals surface area contributed by atoms with E-state index < -0.39 is 0 Å². The van der Waals surface area contributed by atoms with Crippen molar-refractivity contribution < 1.29 is 9.32 Å². The minimum atomic E-state index is -0.162. The molecule has 2 N–H and O–H groups in total. The molecule has 0 radical (unpaired) electrons. The molecule has 1 aromatic rings. The van der Waals surface area contributed by atoms with Gasteiger partial charge in [-0.15, -0.1) is 0 Å². The first kappa shape index (κ1) is 14.1. The maximum atomic E-state index is 11.8. The number of carbonyl (C=O) groups excluding carboxylic acids is 1.